The van der Waals surface area contributed by atoms with Crippen LogP contribution in [0.25, 0.3) is 0 Å². The Hall–Kier alpha value is -1.61. The summed E-state index contributed by atoms with van der Waals surface area (Å²) < 4.78 is 5.17. The Kier molecular flexibility index (Phi) is 4.91. The van der Waals surface area contributed by atoms with Gasteiger partial charge in [-0.25, -0.2) is 4.79 Å². The van der Waals surface area contributed by atoms with Crippen LogP contribution in [0.2, 0.25) is 0 Å². The molecule has 1 amide bonds. The molecule has 0 unspecified atom stereocenters. The van der Waals surface area contributed by atoms with E-state index in [4.69, 9.17) is 15.1 Å². The average molecular weight is 240 g/mol. The topological polar surface area (TPSA) is 99.4 Å². The van der Waals surface area contributed by atoms with Crippen LogP contribution in [0, 0.1) is 17.2 Å². The Labute approximate surface area is 99.6 Å². The molecule has 0 radical (unpaired) electrons. The van der Waals surface area contributed by atoms with E-state index >= 15 is 0 Å². The molecule has 1 aliphatic rings. The molecule has 1 saturated heterocycles. The van der Waals surface area contributed by atoms with Crippen molar-refractivity contribution in [2.75, 3.05) is 6.61 Å². The lowest BCUT2D eigenvalue weighted by Crippen LogP contribution is -2.48. The number of aliphatic carboxylic acids is 1. The largest absolute Gasteiger partial charge is 0.480 e. The Balaban J connectivity index is 2.57. The number of nitriles is 1. The number of nitrogens with zero attached hydrogens (tertiary/aromatic N) is 1. The fraction of sp³-hybridized carbons (Fsp3) is 0.727. The molecular formula is C11H16N2O4. The van der Waals surface area contributed by atoms with E-state index in [1.807, 2.05) is 6.07 Å². The third-order valence-electron chi connectivity index (χ3n) is 2.77. The van der Waals surface area contributed by atoms with Gasteiger partial charge in [0.15, 0.2) is 0 Å². The Morgan fingerprint density at radius 3 is 2.82 bits per heavy atom. The molecule has 6 heteroatoms. The SMILES string of the molecule is C[C@@H](CC#N)[C@@H](NC(=O)[C@@H]1CCCO1)C(=O)O. The minimum atomic E-state index is -1.13. The fourth-order valence-corrected chi connectivity index (χ4v) is 1.74. The zero-order chi connectivity index (χ0) is 12.8. The summed E-state index contributed by atoms with van der Waals surface area (Å²) >= 11 is 0. The number of nitrogens with one attached hydrogen (secondary N) is 1. The number of hydrogen-bond acceptors (Lipinski definition) is 4. The molecule has 2 N–H and O–H groups in total. The number of rotatable bonds is 5. The van der Waals surface area contributed by atoms with Gasteiger partial charge in [0, 0.05) is 18.9 Å². The van der Waals surface area contributed by atoms with Crippen LogP contribution in [0.1, 0.15) is 26.2 Å². The van der Waals surface area contributed by atoms with Crippen LogP contribution < -0.4 is 5.32 Å². The average Bonchev–Trinajstić information content (AvgIpc) is 2.78. The highest BCUT2D eigenvalue weighted by Crippen LogP contribution is 2.14. The van der Waals surface area contributed by atoms with Gasteiger partial charge in [-0.3, -0.25) is 4.79 Å². The zero-order valence-electron chi connectivity index (χ0n) is 9.68. The van der Waals surface area contributed by atoms with Crippen molar-refractivity contribution in [3.05, 3.63) is 0 Å². The van der Waals surface area contributed by atoms with E-state index in [0.29, 0.717) is 13.0 Å². The summed E-state index contributed by atoms with van der Waals surface area (Å²) in [5, 5.41) is 20.0. The molecule has 6 nitrogen and oxygen atoms in total. The van der Waals surface area contributed by atoms with E-state index < -0.39 is 29.9 Å². The first-order valence-corrected chi connectivity index (χ1v) is 5.58. The number of ether oxygens (including phenoxy) is 1. The monoisotopic (exact) mass is 240 g/mol. The molecule has 0 bridgehead atoms. The minimum absolute atomic E-state index is 0.0861. The second-order valence-electron chi connectivity index (χ2n) is 4.17. The standard InChI is InChI=1S/C11H16N2O4/c1-7(4-5-12)9(11(15)16)13-10(14)8-3-2-6-17-8/h7-9H,2-4,6H2,1H3,(H,13,14)(H,15,16)/t7-,8-,9+/m0/s1. The van der Waals surface area contributed by atoms with Gasteiger partial charge in [-0.2, -0.15) is 5.26 Å². The molecule has 17 heavy (non-hydrogen) atoms. The number of hydrogen-bond donors (Lipinski definition) is 2. The van der Waals surface area contributed by atoms with Crippen LogP contribution in [-0.4, -0.2) is 35.7 Å². The molecule has 94 valence electrons. The predicted molar refractivity (Wildman–Crippen MR) is 57.9 cm³/mol. The molecule has 0 aromatic carbocycles. The van der Waals surface area contributed by atoms with Crippen LogP contribution in [0.4, 0.5) is 0 Å². The van der Waals surface area contributed by atoms with Crippen molar-refractivity contribution in [3.63, 3.8) is 0 Å². The summed E-state index contributed by atoms with van der Waals surface area (Å²) in [4.78, 5) is 22.7. The highest BCUT2D eigenvalue weighted by Gasteiger charge is 2.31. The summed E-state index contributed by atoms with van der Waals surface area (Å²) in [6.07, 6.45) is 0.961. The van der Waals surface area contributed by atoms with E-state index in [1.165, 1.54) is 0 Å². The first kappa shape index (κ1) is 13.5. The van der Waals surface area contributed by atoms with Gasteiger partial charge in [0.05, 0.1) is 6.07 Å². The van der Waals surface area contributed by atoms with Gasteiger partial charge in [-0.1, -0.05) is 6.92 Å². The number of amides is 1. The summed E-state index contributed by atoms with van der Waals surface area (Å²) in [6.45, 7) is 2.15. The first-order chi connectivity index (χ1) is 8.06. The van der Waals surface area contributed by atoms with E-state index in [9.17, 15) is 9.59 Å². The number of carboxylic acids is 1. The third kappa shape index (κ3) is 3.71. The highest BCUT2D eigenvalue weighted by molar-refractivity contribution is 5.86. The molecule has 1 aliphatic heterocycles. The molecule has 0 aliphatic carbocycles. The van der Waals surface area contributed by atoms with Crippen LogP contribution in [-0.2, 0) is 14.3 Å². The lowest BCUT2D eigenvalue weighted by molar-refractivity contribution is -0.145. The predicted octanol–water partition coefficient (Wildman–Crippen LogP) is 0.285. The molecule has 1 fully saturated rings. The van der Waals surface area contributed by atoms with E-state index in [1.54, 1.807) is 6.92 Å². The van der Waals surface area contributed by atoms with Gasteiger partial charge in [-0.05, 0) is 12.8 Å². The second kappa shape index (κ2) is 6.21. The summed E-state index contributed by atoms with van der Waals surface area (Å²) in [7, 11) is 0. The van der Waals surface area contributed by atoms with Crippen LogP contribution in [0.3, 0.4) is 0 Å². The zero-order valence-corrected chi connectivity index (χ0v) is 9.68. The number of carboxylic acid groups (broad SMARTS) is 1. The van der Waals surface area contributed by atoms with Crippen LogP contribution in [0.5, 0.6) is 0 Å². The van der Waals surface area contributed by atoms with Gasteiger partial charge >= 0.3 is 5.97 Å². The quantitative estimate of drug-likeness (QED) is 0.719. The van der Waals surface area contributed by atoms with Gasteiger partial charge in [0.1, 0.15) is 12.1 Å². The maximum atomic E-state index is 11.7. The molecule has 0 spiro atoms. The molecule has 0 aromatic rings. The van der Waals surface area contributed by atoms with Crippen molar-refractivity contribution < 1.29 is 19.4 Å². The van der Waals surface area contributed by atoms with Gasteiger partial charge < -0.3 is 15.2 Å². The number of carbonyl (C=O) groups excluding carboxylic acids is 1. The van der Waals surface area contributed by atoms with E-state index in [2.05, 4.69) is 5.32 Å². The maximum Gasteiger partial charge on any atom is 0.326 e. The highest BCUT2D eigenvalue weighted by atomic mass is 16.5. The van der Waals surface area contributed by atoms with E-state index in [-0.39, 0.29) is 6.42 Å². The Morgan fingerprint density at radius 1 is 1.65 bits per heavy atom. The molecule has 1 heterocycles. The minimum Gasteiger partial charge on any atom is -0.480 e. The van der Waals surface area contributed by atoms with E-state index in [0.717, 1.165) is 6.42 Å². The van der Waals surface area contributed by atoms with Crippen molar-refractivity contribution in [1.82, 2.24) is 5.32 Å². The van der Waals surface area contributed by atoms with Crippen molar-refractivity contribution in [3.8, 4) is 6.07 Å². The smallest absolute Gasteiger partial charge is 0.326 e. The molecule has 1 rings (SSSR count). The van der Waals surface area contributed by atoms with Gasteiger partial charge in [0.25, 0.3) is 0 Å². The van der Waals surface area contributed by atoms with Crippen molar-refractivity contribution >= 4 is 11.9 Å². The van der Waals surface area contributed by atoms with Gasteiger partial charge in [0.2, 0.25) is 5.91 Å². The summed E-state index contributed by atoms with van der Waals surface area (Å²) in [5.41, 5.74) is 0. The maximum absolute atomic E-state index is 11.7. The molecular weight excluding hydrogens is 224 g/mol. The molecule has 3 atom stereocenters. The Morgan fingerprint density at radius 2 is 2.35 bits per heavy atom. The lowest BCUT2D eigenvalue weighted by Gasteiger charge is -2.21. The van der Waals surface area contributed by atoms with Gasteiger partial charge in [-0.15, -0.1) is 0 Å². The summed E-state index contributed by atoms with van der Waals surface area (Å²) in [5.74, 6) is -1.96. The van der Waals surface area contributed by atoms with Crippen molar-refractivity contribution in [1.29, 1.82) is 5.26 Å². The second-order valence-corrected chi connectivity index (χ2v) is 4.17. The van der Waals surface area contributed by atoms with Crippen LogP contribution >= 0.6 is 0 Å². The summed E-state index contributed by atoms with van der Waals surface area (Å²) in [6, 6.07) is 0.864. The number of carbonyl (C=O) groups is 2. The lowest BCUT2D eigenvalue weighted by atomic mass is 9.98. The first-order valence-electron chi connectivity index (χ1n) is 5.58. The Bertz CT molecular complexity index is 331. The molecule has 0 saturated carbocycles. The van der Waals surface area contributed by atoms with Crippen molar-refractivity contribution in [2.45, 2.75) is 38.3 Å². The normalized spacial score (nSPS) is 22.5. The molecule has 0 aromatic heterocycles. The fourth-order valence-electron chi connectivity index (χ4n) is 1.74. The third-order valence-corrected chi connectivity index (χ3v) is 2.77. The van der Waals surface area contributed by atoms with Crippen LogP contribution in [0.15, 0.2) is 0 Å². The van der Waals surface area contributed by atoms with Crippen molar-refractivity contribution in [2.24, 2.45) is 5.92 Å².